The second-order valence-corrected chi connectivity index (χ2v) is 8.49. The number of benzene rings is 2. The molecule has 0 saturated carbocycles. The van der Waals surface area contributed by atoms with E-state index >= 15 is 0 Å². The first kappa shape index (κ1) is 23.5. The monoisotopic (exact) mass is 469 g/mol. The van der Waals surface area contributed by atoms with Crippen LogP contribution < -0.4 is 15.4 Å². The minimum absolute atomic E-state index is 0.159. The van der Waals surface area contributed by atoms with Crippen molar-refractivity contribution in [3.8, 4) is 5.75 Å². The number of aryl methyl sites for hydroxylation is 1. The molecule has 2 unspecified atom stereocenters. The molecule has 3 amide bonds. The Kier molecular flexibility index (Phi) is 6.45. The van der Waals surface area contributed by atoms with E-state index in [1.165, 1.54) is 4.90 Å². The SMILES string of the molecule is COc1ccc2c(c1)C1(CCN(C(=O)C(O)C(O)C(=O)Nc3ccc(C)cc3)CC1)OC(=O)N2. The molecule has 2 atom stereocenters. The smallest absolute Gasteiger partial charge is 0.412 e. The Morgan fingerprint density at radius 1 is 1.12 bits per heavy atom. The van der Waals surface area contributed by atoms with Crippen molar-refractivity contribution < 1.29 is 34.1 Å². The summed E-state index contributed by atoms with van der Waals surface area (Å²) >= 11 is 0. The van der Waals surface area contributed by atoms with Gasteiger partial charge in [-0.1, -0.05) is 17.7 Å². The number of carbonyl (C=O) groups is 3. The maximum absolute atomic E-state index is 12.8. The summed E-state index contributed by atoms with van der Waals surface area (Å²) in [6.45, 7) is 2.21. The van der Waals surface area contributed by atoms with Crippen LogP contribution in [0, 0.1) is 6.92 Å². The van der Waals surface area contributed by atoms with Gasteiger partial charge in [-0.15, -0.1) is 0 Å². The molecule has 2 heterocycles. The highest BCUT2D eigenvalue weighted by Crippen LogP contribution is 2.44. The summed E-state index contributed by atoms with van der Waals surface area (Å²) in [5.41, 5.74) is 1.85. The van der Waals surface area contributed by atoms with Gasteiger partial charge in [0.1, 0.15) is 11.4 Å². The van der Waals surface area contributed by atoms with Crippen LogP contribution in [0.5, 0.6) is 5.75 Å². The number of nitrogens with one attached hydrogen (secondary N) is 2. The number of ether oxygens (including phenoxy) is 2. The van der Waals surface area contributed by atoms with Gasteiger partial charge in [0.2, 0.25) is 0 Å². The molecule has 34 heavy (non-hydrogen) atoms. The quantitative estimate of drug-likeness (QED) is 0.523. The van der Waals surface area contributed by atoms with Gasteiger partial charge in [-0.3, -0.25) is 14.9 Å². The highest BCUT2D eigenvalue weighted by molar-refractivity contribution is 5.98. The number of anilines is 2. The van der Waals surface area contributed by atoms with Crippen molar-refractivity contribution in [2.45, 2.75) is 37.6 Å². The van der Waals surface area contributed by atoms with Gasteiger partial charge in [-0.05, 0) is 37.3 Å². The summed E-state index contributed by atoms with van der Waals surface area (Å²) in [6, 6.07) is 12.1. The number of piperidine rings is 1. The largest absolute Gasteiger partial charge is 0.497 e. The van der Waals surface area contributed by atoms with E-state index in [9.17, 15) is 24.6 Å². The van der Waals surface area contributed by atoms with Crippen LogP contribution in [0.1, 0.15) is 24.0 Å². The Labute approximate surface area is 196 Å². The van der Waals surface area contributed by atoms with Gasteiger partial charge in [0.15, 0.2) is 12.2 Å². The average Bonchev–Trinajstić information content (AvgIpc) is 2.84. The Balaban J connectivity index is 1.42. The number of methoxy groups -OCH3 is 1. The zero-order valence-corrected chi connectivity index (χ0v) is 18.9. The molecule has 0 aromatic heterocycles. The number of hydrogen-bond acceptors (Lipinski definition) is 7. The van der Waals surface area contributed by atoms with E-state index in [-0.39, 0.29) is 25.9 Å². The van der Waals surface area contributed by atoms with Crippen molar-refractivity contribution in [3.63, 3.8) is 0 Å². The molecule has 10 nitrogen and oxygen atoms in total. The molecular weight excluding hydrogens is 442 g/mol. The summed E-state index contributed by atoms with van der Waals surface area (Å²) in [7, 11) is 1.54. The van der Waals surface area contributed by atoms with Gasteiger partial charge in [-0.2, -0.15) is 0 Å². The number of aliphatic hydroxyl groups is 2. The predicted octanol–water partition coefficient (Wildman–Crippen LogP) is 1.74. The Hall–Kier alpha value is -3.63. The van der Waals surface area contributed by atoms with Crippen LogP contribution in [0.25, 0.3) is 0 Å². The normalized spacial score (nSPS) is 18.2. The Morgan fingerprint density at radius 2 is 1.79 bits per heavy atom. The first-order valence-electron chi connectivity index (χ1n) is 10.9. The minimum atomic E-state index is -1.94. The van der Waals surface area contributed by atoms with Gasteiger partial charge in [0, 0.05) is 37.2 Å². The van der Waals surface area contributed by atoms with Gasteiger partial charge in [0.25, 0.3) is 11.8 Å². The molecule has 1 fully saturated rings. The predicted molar refractivity (Wildman–Crippen MR) is 122 cm³/mol. The summed E-state index contributed by atoms with van der Waals surface area (Å²) in [6.07, 6.45) is -3.88. The van der Waals surface area contributed by atoms with E-state index in [0.717, 1.165) is 11.1 Å². The Morgan fingerprint density at radius 3 is 2.44 bits per heavy atom. The highest BCUT2D eigenvalue weighted by Gasteiger charge is 2.46. The van der Waals surface area contributed by atoms with Gasteiger partial charge < -0.3 is 29.9 Å². The zero-order valence-electron chi connectivity index (χ0n) is 18.9. The van der Waals surface area contributed by atoms with Crippen LogP contribution in [0.15, 0.2) is 42.5 Å². The van der Waals surface area contributed by atoms with Crippen molar-refractivity contribution >= 4 is 29.3 Å². The van der Waals surface area contributed by atoms with E-state index < -0.39 is 35.7 Å². The van der Waals surface area contributed by atoms with Gasteiger partial charge >= 0.3 is 6.09 Å². The van der Waals surface area contributed by atoms with E-state index in [1.807, 2.05) is 6.92 Å². The van der Waals surface area contributed by atoms with E-state index in [4.69, 9.17) is 9.47 Å². The maximum Gasteiger partial charge on any atom is 0.412 e. The molecule has 0 aliphatic carbocycles. The number of amides is 3. The second-order valence-electron chi connectivity index (χ2n) is 8.49. The van der Waals surface area contributed by atoms with Gasteiger partial charge in [-0.25, -0.2) is 4.79 Å². The van der Waals surface area contributed by atoms with Crippen molar-refractivity contribution in [2.75, 3.05) is 30.8 Å². The fraction of sp³-hybridized carbons (Fsp3) is 0.375. The Bertz CT molecular complexity index is 1090. The number of nitrogens with zero attached hydrogens (tertiary/aromatic N) is 1. The third-order valence-corrected chi connectivity index (χ3v) is 6.27. The van der Waals surface area contributed by atoms with Crippen molar-refractivity contribution in [1.82, 2.24) is 4.90 Å². The number of rotatable bonds is 5. The van der Waals surface area contributed by atoms with Crippen LogP contribution in [-0.4, -0.2) is 65.4 Å². The molecule has 180 valence electrons. The van der Waals surface area contributed by atoms with E-state index in [0.29, 0.717) is 17.1 Å². The van der Waals surface area contributed by atoms with Crippen LogP contribution in [0.3, 0.4) is 0 Å². The molecule has 4 N–H and O–H groups in total. The lowest BCUT2D eigenvalue weighted by Gasteiger charge is -2.44. The molecule has 1 saturated heterocycles. The fourth-order valence-corrected chi connectivity index (χ4v) is 4.28. The van der Waals surface area contributed by atoms with Crippen LogP contribution in [-0.2, 0) is 19.9 Å². The highest BCUT2D eigenvalue weighted by atomic mass is 16.6. The maximum atomic E-state index is 12.8. The molecule has 10 heteroatoms. The number of aliphatic hydroxyl groups excluding tert-OH is 2. The molecule has 2 aromatic rings. The lowest BCUT2D eigenvalue weighted by molar-refractivity contribution is -0.154. The lowest BCUT2D eigenvalue weighted by atomic mass is 9.82. The third kappa shape index (κ3) is 4.55. The summed E-state index contributed by atoms with van der Waals surface area (Å²) in [4.78, 5) is 38.7. The first-order chi connectivity index (χ1) is 16.2. The van der Waals surface area contributed by atoms with Crippen molar-refractivity contribution in [2.24, 2.45) is 0 Å². The fourth-order valence-electron chi connectivity index (χ4n) is 4.28. The standard InChI is InChI=1S/C24H27N3O7/c1-14-3-5-15(6-4-14)25-21(30)19(28)20(29)22(31)27-11-9-24(10-12-27)17-13-16(33-2)7-8-18(17)26-23(32)34-24/h3-8,13,19-20,28-29H,9-12H2,1-2H3,(H,25,30)(H,26,32). The van der Waals surface area contributed by atoms with Crippen molar-refractivity contribution in [3.05, 3.63) is 53.6 Å². The lowest BCUT2D eigenvalue weighted by Crippen LogP contribution is -2.54. The van der Waals surface area contributed by atoms with Crippen LogP contribution >= 0.6 is 0 Å². The number of carbonyl (C=O) groups excluding carboxylic acids is 3. The summed E-state index contributed by atoms with van der Waals surface area (Å²) < 4.78 is 11.0. The average molecular weight is 469 g/mol. The van der Waals surface area contributed by atoms with Crippen LogP contribution in [0.2, 0.25) is 0 Å². The molecular formula is C24H27N3O7. The zero-order chi connectivity index (χ0) is 24.5. The molecule has 0 bridgehead atoms. The second kappa shape index (κ2) is 9.32. The molecule has 2 aromatic carbocycles. The minimum Gasteiger partial charge on any atom is -0.497 e. The number of fused-ring (bicyclic) bond motifs is 2. The summed E-state index contributed by atoms with van der Waals surface area (Å²) in [5, 5.41) is 25.8. The van der Waals surface area contributed by atoms with Crippen LogP contribution in [0.4, 0.5) is 16.2 Å². The number of hydrogen-bond donors (Lipinski definition) is 4. The molecule has 2 aliphatic heterocycles. The van der Waals surface area contributed by atoms with Crippen molar-refractivity contribution in [1.29, 1.82) is 0 Å². The molecule has 1 spiro atoms. The van der Waals surface area contributed by atoms with E-state index in [1.54, 1.807) is 49.6 Å². The summed E-state index contributed by atoms with van der Waals surface area (Å²) in [5.74, 6) is -1.05. The van der Waals surface area contributed by atoms with E-state index in [2.05, 4.69) is 10.6 Å². The van der Waals surface area contributed by atoms with Gasteiger partial charge in [0.05, 0.1) is 12.8 Å². The molecule has 2 aliphatic rings. The molecule has 4 rings (SSSR count). The first-order valence-corrected chi connectivity index (χ1v) is 10.9. The third-order valence-electron chi connectivity index (χ3n) is 6.27. The number of likely N-dealkylation sites (tertiary alicyclic amines) is 1. The topological polar surface area (TPSA) is 137 Å². The molecule has 0 radical (unpaired) electrons.